The highest BCUT2D eigenvalue weighted by Gasteiger charge is 2.17. The number of halogens is 1. The Balaban J connectivity index is 2.52. The van der Waals surface area contributed by atoms with Gasteiger partial charge in [0.1, 0.15) is 17.0 Å². The van der Waals surface area contributed by atoms with Gasteiger partial charge in [0, 0.05) is 12.4 Å². The van der Waals surface area contributed by atoms with Crippen LogP contribution in [0, 0.1) is 5.82 Å². The molecule has 0 fully saturated rings. The Morgan fingerprint density at radius 2 is 1.50 bits per heavy atom. The monoisotopic (exact) mass is 238 g/mol. The summed E-state index contributed by atoms with van der Waals surface area (Å²) in [4.78, 5) is 7.26. The van der Waals surface area contributed by atoms with Crippen molar-refractivity contribution in [1.29, 1.82) is 0 Å². The Morgan fingerprint density at radius 3 is 2.06 bits per heavy atom. The fourth-order valence-corrected chi connectivity index (χ4v) is 2.34. The van der Waals surface area contributed by atoms with E-state index in [1.807, 2.05) is 0 Å². The van der Waals surface area contributed by atoms with Crippen LogP contribution in [0.25, 0.3) is 0 Å². The van der Waals surface area contributed by atoms with Crippen molar-refractivity contribution in [2.24, 2.45) is 0 Å². The standard InChI is InChI=1S/C10H7FN2O2S/c11-8-1-3-9(4-2-8)16(14,15)10-5-12-7-13-6-10/h1-7H. The van der Waals surface area contributed by atoms with E-state index in [9.17, 15) is 12.8 Å². The third-order valence-electron chi connectivity index (χ3n) is 1.97. The van der Waals surface area contributed by atoms with Crippen molar-refractivity contribution in [1.82, 2.24) is 9.97 Å². The molecule has 1 aromatic heterocycles. The van der Waals surface area contributed by atoms with Crippen LogP contribution in [0.5, 0.6) is 0 Å². The molecule has 0 atom stereocenters. The molecule has 2 rings (SSSR count). The molecule has 1 aromatic carbocycles. The molecule has 0 saturated carbocycles. The van der Waals surface area contributed by atoms with E-state index in [4.69, 9.17) is 0 Å². The van der Waals surface area contributed by atoms with E-state index >= 15 is 0 Å². The van der Waals surface area contributed by atoms with Gasteiger partial charge in [-0.15, -0.1) is 0 Å². The van der Waals surface area contributed by atoms with Gasteiger partial charge in [-0.1, -0.05) is 0 Å². The molecule has 16 heavy (non-hydrogen) atoms. The van der Waals surface area contributed by atoms with Gasteiger partial charge in [-0.3, -0.25) is 0 Å². The zero-order valence-corrected chi connectivity index (χ0v) is 8.86. The second kappa shape index (κ2) is 3.97. The van der Waals surface area contributed by atoms with E-state index in [2.05, 4.69) is 9.97 Å². The molecule has 0 aliphatic heterocycles. The number of benzene rings is 1. The van der Waals surface area contributed by atoms with E-state index in [1.54, 1.807) is 0 Å². The van der Waals surface area contributed by atoms with E-state index in [0.717, 1.165) is 12.1 Å². The second-order valence-corrected chi connectivity index (χ2v) is 4.98. The zero-order valence-electron chi connectivity index (χ0n) is 8.04. The van der Waals surface area contributed by atoms with Crippen molar-refractivity contribution in [2.45, 2.75) is 9.79 Å². The van der Waals surface area contributed by atoms with Crippen molar-refractivity contribution in [3.8, 4) is 0 Å². The van der Waals surface area contributed by atoms with E-state index < -0.39 is 15.7 Å². The van der Waals surface area contributed by atoms with Gasteiger partial charge in [-0.05, 0) is 24.3 Å². The topological polar surface area (TPSA) is 59.9 Å². The first kappa shape index (κ1) is 10.7. The molecule has 0 unspecified atom stereocenters. The molecule has 0 spiro atoms. The lowest BCUT2D eigenvalue weighted by Crippen LogP contribution is -2.02. The minimum Gasteiger partial charge on any atom is -0.243 e. The third kappa shape index (κ3) is 1.92. The Hall–Kier alpha value is -1.82. The van der Waals surface area contributed by atoms with E-state index in [0.29, 0.717) is 0 Å². The number of nitrogens with zero attached hydrogens (tertiary/aromatic N) is 2. The summed E-state index contributed by atoms with van der Waals surface area (Å²) in [5.41, 5.74) is 0. The molecule has 0 aliphatic rings. The highest BCUT2D eigenvalue weighted by atomic mass is 32.2. The predicted molar refractivity (Wildman–Crippen MR) is 53.9 cm³/mol. The Kier molecular flexibility index (Phi) is 2.66. The van der Waals surface area contributed by atoms with Gasteiger partial charge in [0.25, 0.3) is 0 Å². The minimum absolute atomic E-state index is 0.0124. The quantitative estimate of drug-likeness (QED) is 0.743. The molecule has 0 radical (unpaired) electrons. The first-order valence-corrected chi connectivity index (χ1v) is 5.85. The molecule has 0 N–H and O–H groups in total. The summed E-state index contributed by atoms with van der Waals surface area (Å²) in [6.07, 6.45) is 3.64. The lowest BCUT2D eigenvalue weighted by molar-refractivity contribution is 0.594. The maximum atomic E-state index is 12.7. The van der Waals surface area contributed by atoms with Gasteiger partial charge in [-0.2, -0.15) is 0 Å². The Bertz CT molecular complexity index is 582. The number of aromatic nitrogens is 2. The number of hydrogen-bond acceptors (Lipinski definition) is 4. The fraction of sp³-hybridized carbons (Fsp3) is 0. The van der Waals surface area contributed by atoms with Crippen molar-refractivity contribution in [2.75, 3.05) is 0 Å². The normalized spacial score (nSPS) is 11.3. The summed E-state index contributed by atoms with van der Waals surface area (Å²) in [5.74, 6) is -0.483. The molecule has 82 valence electrons. The SMILES string of the molecule is O=S(=O)(c1ccc(F)cc1)c1cncnc1. The third-order valence-corrected chi connectivity index (χ3v) is 3.70. The van der Waals surface area contributed by atoms with Crippen LogP contribution in [0.3, 0.4) is 0 Å². The van der Waals surface area contributed by atoms with Crippen LogP contribution in [-0.4, -0.2) is 18.4 Å². The molecule has 6 heteroatoms. The molecule has 0 saturated heterocycles. The first-order valence-electron chi connectivity index (χ1n) is 4.36. The van der Waals surface area contributed by atoms with Gasteiger partial charge >= 0.3 is 0 Å². The van der Waals surface area contributed by atoms with Crippen LogP contribution >= 0.6 is 0 Å². The summed E-state index contributed by atoms with van der Waals surface area (Å²) >= 11 is 0. The summed E-state index contributed by atoms with van der Waals surface area (Å²) in [6, 6.07) is 4.60. The van der Waals surface area contributed by atoms with Gasteiger partial charge in [-0.25, -0.2) is 22.8 Å². The van der Waals surface area contributed by atoms with Crippen molar-refractivity contribution in [3.05, 3.63) is 48.8 Å². The van der Waals surface area contributed by atoms with E-state index in [1.165, 1.54) is 30.9 Å². The zero-order chi connectivity index (χ0) is 11.6. The average Bonchev–Trinajstić information content (AvgIpc) is 2.31. The van der Waals surface area contributed by atoms with Gasteiger partial charge in [0.15, 0.2) is 0 Å². The molecule has 0 bridgehead atoms. The maximum absolute atomic E-state index is 12.7. The Labute approximate surface area is 91.7 Å². The maximum Gasteiger partial charge on any atom is 0.209 e. The van der Waals surface area contributed by atoms with Crippen LogP contribution in [0.4, 0.5) is 4.39 Å². The van der Waals surface area contributed by atoms with Gasteiger partial charge in [0.2, 0.25) is 9.84 Å². The van der Waals surface area contributed by atoms with Gasteiger partial charge < -0.3 is 0 Å². The molecule has 2 aromatic rings. The van der Waals surface area contributed by atoms with Crippen LogP contribution in [0.1, 0.15) is 0 Å². The molecule has 1 heterocycles. The van der Waals surface area contributed by atoms with E-state index in [-0.39, 0.29) is 9.79 Å². The lowest BCUT2D eigenvalue weighted by Gasteiger charge is -2.02. The smallest absolute Gasteiger partial charge is 0.209 e. The van der Waals surface area contributed by atoms with Gasteiger partial charge in [0.05, 0.1) is 4.90 Å². The van der Waals surface area contributed by atoms with Crippen LogP contribution in [0.2, 0.25) is 0 Å². The van der Waals surface area contributed by atoms with Crippen molar-refractivity contribution in [3.63, 3.8) is 0 Å². The predicted octanol–water partition coefficient (Wildman–Crippen LogP) is 1.45. The second-order valence-electron chi connectivity index (χ2n) is 3.03. The molecule has 0 aliphatic carbocycles. The van der Waals surface area contributed by atoms with Crippen molar-refractivity contribution < 1.29 is 12.8 Å². The lowest BCUT2D eigenvalue weighted by atomic mass is 10.4. The highest BCUT2D eigenvalue weighted by molar-refractivity contribution is 7.91. The summed E-state index contributed by atoms with van der Waals surface area (Å²) in [6.45, 7) is 0. The minimum atomic E-state index is -3.65. The number of sulfone groups is 1. The summed E-state index contributed by atoms with van der Waals surface area (Å²) < 4.78 is 36.5. The summed E-state index contributed by atoms with van der Waals surface area (Å²) in [7, 11) is -3.65. The van der Waals surface area contributed by atoms with Crippen LogP contribution < -0.4 is 0 Å². The van der Waals surface area contributed by atoms with Crippen LogP contribution in [-0.2, 0) is 9.84 Å². The molecular formula is C10H7FN2O2S. The van der Waals surface area contributed by atoms with Crippen LogP contribution in [0.15, 0.2) is 52.8 Å². The highest BCUT2D eigenvalue weighted by Crippen LogP contribution is 2.18. The largest absolute Gasteiger partial charge is 0.243 e. The summed E-state index contributed by atoms with van der Waals surface area (Å²) in [5, 5.41) is 0. The van der Waals surface area contributed by atoms with Crippen molar-refractivity contribution >= 4 is 9.84 Å². The number of hydrogen-bond donors (Lipinski definition) is 0. The number of rotatable bonds is 2. The molecule has 0 amide bonds. The Morgan fingerprint density at radius 1 is 0.938 bits per heavy atom. The average molecular weight is 238 g/mol. The first-order chi connectivity index (χ1) is 7.60. The fourth-order valence-electron chi connectivity index (χ4n) is 1.17. The molecular weight excluding hydrogens is 231 g/mol. The molecule has 4 nitrogen and oxygen atoms in total.